The molecule has 22 heavy (non-hydrogen) atoms. The third-order valence-corrected chi connectivity index (χ3v) is 3.57. The molecule has 0 heterocycles. The number of halogens is 3. The van der Waals surface area contributed by atoms with Crippen LogP contribution in [-0.4, -0.2) is 12.5 Å². The Morgan fingerprint density at radius 1 is 1.18 bits per heavy atom. The van der Waals surface area contributed by atoms with Gasteiger partial charge in [-0.3, -0.25) is 4.79 Å². The van der Waals surface area contributed by atoms with Crippen LogP contribution in [0.1, 0.15) is 28.9 Å². The monoisotopic (exact) mass is 369 g/mol. The number of amides is 1. The minimum absolute atomic E-state index is 0.0426. The van der Waals surface area contributed by atoms with E-state index < -0.39 is 6.61 Å². The molecule has 2 rings (SSSR count). The molecule has 0 fully saturated rings. The van der Waals surface area contributed by atoms with Gasteiger partial charge in [-0.25, -0.2) is 0 Å². The summed E-state index contributed by atoms with van der Waals surface area (Å²) >= 11 is 3.35. The zero-order valence-corrected chi connectivity index (χ0v) is 13.3. The van der Waals surface area contributed by atoms with Crippen molar-refractivity contribution in [3.63, 3.8) is 0 Å². The largest absolute Gasteiger partial charge is 0.435 e. The summed E-state index contributed by atoms with van der Waals surface area (Å²) in [7, 11) is 0. The highest BCUT2D eigenvalue weighted by molar-refractivity contribution is 9.10. The second-order valence-electron chi connectivity index (χ2n) is 4.65. The molecule has 2 aromatic carbocycles. The van der Waals surface area contributed by atoms with E-state index in [4.69, 9.17) is 0 Å². The summed E-state index contributed by atoms with van der Waals surface area (Å²) in [4.78, 5) is 12.2. The van der Waals surface area contributed by atoms with E-state index in [1.807, 2.05) is 31.2 Å². The first kappa shape index (κ1) is 16.4. The van der Waals surface area contributed by atoms with Gasteiger partial charge < -0.3 is 10.1 Å². The number of rotatable bonds is 5. The van der Waals surface area contributed by atoms with Crippen LogP contribution in [0.4, 0.5) is 8.78 Å². The molecule has 1 N–H and O–H groups in total. The van der Waals surface area contributed by atoms with E-state index in [-0.39, 0.29) is 23.3 Å². The normalized spacial score (nSPS) is 12.0. The molecule has 1 atom stereocenters. The van der Waals surface area contributed by atoms with Gasteiger partial charge >= 0.3 is 6.61 Å². The molecule has 0 aromatic heterocycles. The van der Waals surface area contributed by atoms with Gasteiger partial charge in [0.2, 0.25) is 0 Å². The number of hydrogen-bond acceptors (Lipinski definition) is 2. The number of alkyl halides is 2. The van der Waals surface area contributed by atoms with Gasteiger partial charge in [0.1, 0.15) is 5.75 Å². The van der Waals surface area contributed by atoms with Gasteiger partial charge in [-0.05, 0) is 42.8 Å². The van der Waals surface area contributed by atoms with E-state index in [0.717, 1.165) is 10.0 Å². The lowest BCUT2D eigenvalue weighted by Gasteiger charge is -2.15. The first-order valence-electron chi connectivity index (χ1n) is 6.57. The highest BCUT2D eigenvalue weighted by Crippen LogP contribution is 2.19. The fourth-order valence-electron chi connectivity index (χ4n) is 1.93. The lowest BCUT2D eigenvalue weighted by atomic mass is 10.1. The molecule has 2 aromatic rings. The van der Waals surface area contributed by atoms with Crippen molar-refractivity contribution < 1.29 is 18.3 Å². The third-order valence-electron chi connectivity index (χ3n) is 3.04. The van der Waals surface area contributed by atoms with Crippen LogP contribution in [-0.2, 0) is 0 Å². The maximum atomic E-state index is 12.2. The van der Waals surface area contributed by atoms with Crippen molar-refractivity contribution >= 4 is 21.8 Å². The van der Waals surface area contributed by atoms with Crippen LogP contribution in [0.3, 0.4) is 0 Å². The van der Waals surface area contributed by atoms with E-state index in [1.165, 1.54) is 18.2 Å². The second kappa shape index (κ2) is 7.35. The molecule has 0 saturated heterocycles. The molecule has 3 nitrogen and oxygen atoms in total. The van der Waals surface area contributed by atoms with Gasteiger partial charge in [-0.1, -0.05) is 34.1 Å². The first-order chi connectivity index (χ1) is 10.5. The number of hydrogen-bond donors (Lipinski definition) is 1. The van der Waals surface area contributed by atoms with Crippen LogP contribution in [0.25, 0.3) is 0 Å². The van der Waals surface area contributed by atoms with Gasteiger partial charge in [-0.2, -0.15) is 8.78 Å². The summed E-state index contributed by atoms with van der Waals surface area (Å²) in [6.07, 6.45) is 0. The summed E-state index contributed by atoms with van der Waals surface area (Å²) in [5, 5.41) is 2.82. The summed E-state index contributed by atoms with van der Waals surface area (Å²) in [6, 6.07) is 13.1. The smallest absolute Gasteiger partial charge is 0.387 e. The van der Waals surface area contributed by atoms with Crippen molar-refractivity contribution in [1.29, 1.82) is 0 Å². The van der Waals surface area contributed by atoms with Crippen molar-refractivity contribution in [3.8, 4) is 5.75 Å². The van der Waals surface area contributed by atoms with Crippen LogP contribution in [0.15, 0.2) is 53.0 Å². The first-order valence-corrected chi connectivity index (χ1v) is 7.36. The van der Waals surface area contributed by atoms with E-state index in [1.54, 1.807) is 6.07 Å². The Kier molecular flexibility index (Phi) is 5.49. The third kappa shape index (κ3) is 4.53. The molecule has 116 valence electrons. The minimum Gasteiger partial charge on any atom is -0.435 e. The molecule has 0 saturated carbocycles. The van der Waals surface area contributed by atoms with Gasteiger partial charge in [0, 0.05) is 10.0 Å². The van der Waals surface area contributed by atoms with Crippen molar-refractivity contribution in [1.82, 2.24) is 5.32 Å². The molecule has 0 spiro atoms. The Morgan fingerprint density at radius 2 is 1.86 bits per heavy atom. The molecular weight excluding hydrogens is 356 g/mol. The number of nitrogens with one attached hydrogen (secondary N) is 1. The van der Waals surface area contributed by atoms with E-state index in [0.29, 0.717) is 0 Å². The summed E-state index contributed by atoms with van der Waals surface area (Å²) in [6.45, 7) is -1.07. The molecule has 0 radical (unpaired) electrons. The van der Waals surface area contributed by atoms with Crippen molar-refractivity contribution in [2.24, 2.45) is 0 Å². The Morgan fingerprint density at radius 3 is 2.50 bits per heavy atom. The fourth-order valence-corrected chi connectivity index (χ4v) is 2.19. The molecular formula is C16H14BrF2NO2. The van der Waals surface area contributed by atoms with E-state index in [2.05, 4.69) is 26.0 Å². The van der Waals surface area contributed by atoms with Crippen LogP contribution in [0.2, 0.25) is 0 Å². The molecule has 0 aliphatic heterocycles. The number of carbonyl (C=O) groups is 1. The predicted octanol–water partition coefficient (Wildman–Crippen LogP) is 4.54. The Hall–Kier alpha value is -1.95. The maximum Gasteiger partial charge on any atom is 0.387 e. The Bertz CT molecular complexity index is 647. The lowest BCUT2D eigenvalue weighted by Crippen LogP contribution is -2.26. The van der Waals surface area contributed by atoms with Crippen LogP contribution >= 0.6 is 15.9 Å². The number of ether oxygens (including phenoxy) is 1. The zero-order valence-electron chi connectivity index (χ0n) is 11.7. The SMILES string of the molecule is C[C@@H](NC(=O)c1cccc(OC(F)F)c1)c1ccc(Br)cc1. The maximum absolute atomic E-state index is 12.2. The Labute approximate surface area is 135 Å². The van der Waals surface area contributed by atoms with Gasteiger partial charge in [0.25, 0.3) is 5.91 Å². The van der Waals surface area contributed by atoms with Crippen molar-refractivity contribution in [2.45, 2.75) is 19.6 Å². The van der Waals surface area contributed by atoms with Crippen molar-refractivity contribution in [2.75, 3.05) is 0 Å². The van der Waals surface area contributed by atoms with Crippen LogP contribution < -0.4 is 10.1 Å². The van der Waals surface area contributed by atoms with Gasteiger partial charge in [0.15, 0.2) is 0 Å². The minimum atomic E-state index is -2.92. The molecule has 0 aliphatic carbocycles. The molecule has 6 heteroatoms. The summed E-state index contributed by atoms with van der Waals surface area (Å²) < 4.78 is 29.6. The predicted molar refractivity (Wildman–Crippen MR) is 83.1 cm³/mol. The van der Waals surface area contributed by atoms with Crippen molar-refractivity contribution in [3.05, 3.63) is 64.1 Å². The van der Waals surface area contributed by atoms with E-state index >= 15 is 0 Å². The lowest BCUT2D eigenvalue weighted by molar-refractivity contribution is -0.0498. The van der Waals surface area contributed by atoms with Crippen LogP contribution in [0.5, 0.6) is 5.75 Å². The highest BCUT2D eigenvalue weighted by atomic mass is 79.9. The second-order valence-corrected chi connectivity index (χ2v) is 5.57. The molecule has 0 unspecified atom stereocenters. The summed E-state index contributed by atoms with van der Waals surface area (Å²) in [5.41, 5.74) is 1.21. The highest BCUT2D eigenvalue weighted by Gasteiger charge is 2.13. The molecule has 1 amide bonds. The van der Waals surface area contributed by atoms with Crippen LogP contribution in [0, 0.1) is 0 Å². The average molecular weight is 370 g/mol. The van der Waals surface area contributed by atoms with Gasteiger partial charge in [0.05, 0.1) is 6.04 Å². The quantitative estimate of drug-likeness (QED) is 0.839. The topological polar surface area (TPSA) is 38.3 Å². The molecule has 0 aliphatic rings. The zero-order chi connectivity index (χ0) is 16.1. The molecule has 0 bridgehead atoms. The Balaban J connectivity index is 2.06. The average Bonchev–Trinajstić information content (AvgIpc) is 2.47. The van der Waals surface area contributed by atoms with E-state index in [9.17, 15) is 13.6 Å². The number of carbonyl (C=O) groups excluding carboxylic acids is 1. The summed E-state index contributed by atoms with van der Waals surface area (Å²) in [5.74, 6) is -0.394. The van der Waals surface area contributed by atoms with Gasteiger partial charge in [-0.15, -0.1) is 0 Å². The number of benzene rings is 2. The standard InChI is InChI=1S/C16H14BrF2NO2/c1-10(11-5-7-13(17)8-6-11)20-15(21)12-3-2-4-14(9-12)22-16(18)19/h2-10,16H,1H3,(H,20,21)/t10-/m1/s1. The fraction of sp³-hybridized carbons (Fsp3) is 0.188.